The lowest BCUT2D eigenvalue weighted by atomic mass is 9.97. The second kappa shape index (κ2) is 3.65. The lowest BCUT2D eigenvalue weighted by Crippen LogP contribution is -2.21. The zero-order valence-electron chi connectivity index (χ0n) is 8.03. The van der Waals surface area contributed by atoms with Gasteiger partial charge >= 0.3 is 0 Å². The largest absolute Gasteiger partial charge is 0.299 e. The highest BCUT2D eigenvalue weighted by Gasteiger charge is 2.36. The molecule has 1 aromatic rings. The Hall–Kier alpha value is -0.960. The number of hydrogen-bond acceptors (Lipinski definition) is 3. The molecule has 0 N–H and O–H groups in total. The van der Waals surface area contributed by atoms with Crippen molar-refractivity contribution in [1.29, 1.82) is 0 Å². The molecular weight excluding hydrogens is 196 g/mol. The van der Waals surface area contributed by atoms with E-state index in [4.69, 9.17) is 0 Å². The van der Waals surface area contributed by atoms with Gasteiger partial charge in [0.2, 0.25) is 0 Å². The molecule has 1 atom stereocenters. The van der Waals surface area contributed by atoms with E-state index >= 15 is 0 Å². The van der Waals surface area contributed by atoms with Crippen molar-refractivity contribution in [1.82, 2.24) is 0 Å². The molecule has 0 spiro atoms. The van der Waals surface area contributed by atoms with Crippen molar-refractivity contribution in [3.63, 3.8) is 0 Å². The van der Waals surface area contributed by atoms with E-state index in [-0.39, 0.29) is 17.5 Å². The van der Waals surface area contributed by atoms with Crippen LogP contribution in [0, 0.1) is 11.8 Å². The van der Waals surface area contributed by atoms with Crippen LogP contribution in [0.4, 0.5) is 0 Å². The average molecular weight is 208 g/mol. The van der Waals surface area contributed by atoms with Crippen molar-refractivity contribution in [2.75, 3.05) is 0 Å². The molecule has 2 rings (SSSR count). The van der Waals surface area contributed by atoms with E-state index in [0.29, 0.717) is 4.88 Å². The molecular formula is C11H12O2S. The van der Waals surface area contributed by atoms with E-state index in [9.17, 15) is 9.59 Å². The van der Waals surface area contributed by atoms with E-state index in [0.717, 1.165) is 12.8 Å². The van der Waals surface area contributed by atoms with Gasteiger partial charge in [-0.1, -0.05) is 6.07 Å². The van der Waals surface area contributed by atoms with Gasteiger partial charge in [0.05, 0.1) is 10.8 Å². The van der Waals surface area contributed by atoms with Crippen LogP contribution >= 0.6 is 11.3 Å². The molecule has 1 fully saturated rings. The molecule has 3 heteroatoms. The third-order valence-corrected chi connectivity index (χ3v) is 3.45. The number of thiophene rings is 1. The zero-order valence-corrected chi connectivity index (χ0v) is 8.84. The molecule has 0 radical (unpaired) electrons. The summed E-state index contributed by atoms with van der Waals surface area (Å²) in [4.78, 5) is 24.1. The first-order chi connectivity index (χ1) is 6.70. The minimum Gasteiger partial charge on any atom is -0.299 e. The van der Waals surface area contributed by atoms with Crippen LogP contribution < -0.4 is 0 Å². The summed E-state index contributed by atoms with van der Waals surface area (Å²) >= 11 is 1.41. The van der Waals surface area contributed by atoms with Crippen molar-refractivity contribution in [3.8, 4) is 0 Å². The molecule has 1 heterocycles. The quantitative estimate of drug-likeness (QED) is 0.563. The number of carbonyl (C=O) groups is 2. The molecule has 0 saturated heterocycles. The van der Waals surface area contributed by atoms with Crippen LogP contribution in [-0.4, -0.2) is 11.6 Å². The highest BCUT2D eigenvalue weighted by Crippen LogP contribution is 2.33. The van der Waals surface area contributed by atoms with Gasteiger partial charge in [0.15, 0.2) is 5.78 Å². The van der Waals surface area contributed by atoms with Crippen molar-refractivity contribution in [3.05, 3.63) is 22.4 Å². The van der Waals surface area contributed by atoms with Crippen LogP contribution in [0.15, 0.2) is 17.5 Å². The SMILES string of the molecule is CC(C(=O)c1cccs1)C(=O)C1CC1. The number of Topliss-reactive ketones (excluding diaryl/α,β-unsaturated/α-hetero) is 2. The second-order valence-electron chi connectivity index (χ2n) is 3.74. The van der Waals surface area contributed by atoms with Crippen molar-refractivity contribution in [2.24, 2.45) is 11.8 Å². The molecule has 2 nitrogen and oxygen atoms in total. The van der Waals surface area contributed by atoms with E-state index in [1.807, 2.05) is 11.4 Å². The van der Waals surface area contributed by atoms with Gasteiger partial charge in [0.25, 0.3) is 0 Å². The third-order valence-electron chi connectivity index (χ3n) is 2.56. The number of hydrogen-bond donors (Lipinski definition) is 0. The molecule has 0 bridgehead atoms. The first-order valence-electron chi connectivity index (χ1n) is 4.81. The Balaban J connectivity index is 2.07. The molecule has 14 heavy (non-hydrogen) atoms. The normalized spacial score (nSPS) is 17.8. The first-order valence-corrected chi connectivity index (χ1v) is 5.69. The maximum Gasteiger partial charge on any atom is 0.182 e. The fourth-order valence-electron chi connectivity index (χ4n) is 1.48. The van der Waals surface area contributed by atoms with Crippen molar-refractivity contribution < 1.29 is 9.59 Å². The fraction of sp³-hybridized carbons (Fsp3) is 0.455. The molecule has 1 aliphatic carbocycles. The predicted octanol–water partition coefficient (Wildman–Crippen LogP) is 2.55. The standard InChI is InChI=1S/C11H12O2S/c1-7(10(12)8-4-5-8)11(13)9-3-2-6-14-9/h2-3,6-8H,4-5H2,1H3. The van der Waals surface area contributed by atoms with Gasteiger partial charge in [-0.3, -0.25) is 9.59 Å². The third kappa shape index (κ3) is 1.77. The Bertz CT molecular complexity index is 349. The molecule has 1 aliphatic rings. The maximum absolute atomic E-state index is 11.8. The van der Waals surface area contributed by atoms with Crippen LogP contribution in [0.5, 0.6) is 0 Å². The fourth-order valence-corrected chi connectivity index (χ4v) is 2.24. The van der Waals surface area contributed by atoms with Gasteiger partial charge in [0.1, 0.15) is 5.78 Å². The number of carbonyl (C=O) groups excluding carboxylic acids is 2. The van der Waals surface area contributed by atoms with Crippen molar-refractivity contribution >= 4 is 22.9 Å². The average Bonchev–Trinajstić information content (AvgIpc) is 2.90. The highest BCUT2D eigenvalue weighted by atomic mass is 32.1. The van der Waals surface area contributed by atoms with Gasteiger partial charge in [-0.2, -0.15) is 0 Å². The molecule has 0 amide bonds. The minimum absolute atomic E-state index is 0.0168. The summed E-state index contributed by atoms with van der Waals surface area (Å²) < 4.78 is 0. The Morgan fingerprint density at radius 2 is 2.21 bits per heavy atom. The highest BCUT2D eigenvalue weighted by molar-refractivity contribution is 7.12. The lowest BCUT2D eigenvalue weighted by Gasteiger charge is -2.06. The first kappa shape index (κ1) is 9.59. The van der Waals surface area contributed by atoms with Gasteiger partial charge < -0.3 is 0 Å². The summed E-state index contributed by atoms with van der Waals surface area (Å²) in [5.41, 5.74) is 0. The monoisotopic (exact) mass is 208 g/mol. The Morgan fingerprint density at radius 3 is 2.71 bits per heavy atom. The van der Waals surface area contributed by atoms with E-state index in [2.05, 4.69) is 0 Å². The minimum atomic E-state index is -0.443. The van der Waals surface area contributed by atoms with Crippen LogP contribution in [0.25, 0.3) is 0 Å². The van der Waals surface area contributed by atoms with Crippen LogP contribution in [0.2, 0.25) is 0 Å². The maximum atomic E-state index is 11.8. The smallest absolute Gasteiger partial charge is 0.182 e. The molecule has 0 aromatic carbocycles. The summed E-state index contributed by atoms with van der Waals surface area (Å²) in [6, 6.07) is 3.62. The van der Waals surface area contributed by atoms with Crippen LogP contribution in [-0.2, 0) is 4.79 Å². The van der Waals surface area contributed by atoms with E-state index in [1.165, 1.54) is 11.3 Å². The molecule has 1 aromatic heterocycles. The van der Waals surface area contributed by atoms with E-state index < -0.39 is 5.92 Å². The Labute approximate surface area is 86.9 Å². The van der Waals surface area contributed by atoms with Crippen LogP contribution in [0.3, 0.4) is 0 Å². The Kier molecular flexibility index (Phi) is 2.50. The summed E-state index contributed by atoms with van der Waals surface area (Å²) in [5, 5.41) is 1.86. The van der Waals surface area contributed by atoms with Crippen molar-refractivity contribution in [2.45, 2.75) is 19.8 Å². The van der Waals surface area contributed by atoms with Crippen LogP contribution in [0.1, 0.15) is 29.4 Å². The number of ketones is 2. The molecule has 74 valence electrons. The van der Waals surface area contributed by atoms with Gasteiger partial charge in [-0.25, -0.2) is 0 Å². The van der Waals surface area contributed by atoms with Gasteiger partial charge in [-0.05, 0) is 31.2 Å². The summed E-state index contributed by atoms with van der Waals surface area (Å²) in [6.45, 7) is 1.72. The van der Waals surface area contributed by atoms with Gasteiger partial charge in [-0.15, -0.1) is 11.3 Å². The Morgan fingerprint density at radius 1 is 1.50 bits per heavy atom. The number of rotatable bonds is 4. The summed E-state index contributed by atoms with van der Waals surface area (Å²) in [7, 11) is 0. The van der Waals surface area contributed by atoms with Gasteiger partial charge in [0, 0.05) is 5.92 Å². The molecule has 1 saturated carbocycles. The second-order valence-corrected chi connectivity index (χ2v) is 4.69. The summed E-state index contributed by atoms with van der Waals surface area (Å²) in [6.07, 6.45) is 1.95. The molecule has 1 unspecified atom stereocenters. The van der Waals surface area contributed by atoms with E-state index in [1.54, 1.807) is 13.0 Å². The lowest BCUT2D eigenvalue weighted by molar-refractivity contribution is -0.122. The predicted molar refractivity (Wildman–Crippen MR) is 55.5 cm³/mol. The summed E-state index contributed by atoms with van der Waals surface area (Å²) in [5.74, 6) is -0.157. The zero-order chi connectivity index (χ0) is 10.1. The topological polar surface area (TPSA) is 34.1 Å². The molecule has 0 aliphatic heterocycles.